The minimum Gasteiger partial charge on any atom is -0.392 e. The number of aliphatic hydroxyl groups excluding tert-OH is 2. The van der Waals surface area contributed by atoms with Gasteiger partial charge in [0.05, 0.1) is 30.8 Å². The molecule has 0 saturated heterocycles. The van der Waals surface area contributed by atoms with Gasteiger partial charge in [-0.1, -0.05) is 56.3 Å². The molecular weight excluding hydrogens is 412 g/mol. The summed E-state index contributed by atoms with van der Waals surface area (Å²) in [5.41, 5.74) is 4.20. The molecule has 2 rings (SSSR count). The lowest BCUT2D eigenvalue weighted by atomic mass is 9.69. The summed E-state index contributed by atoms with van der Waals surface area (Å²) >= 11 is 0. The summed E-state index contributed by atoms with van der Waals surface area (Å²) in [6, 6.07) is 16.8. The van der Waals surface area contributed by atoms with Crippen LogP contribution in [0.2, 0.25) is 0 Å². The molecule has 0 saturated carbocycles. The lowest BCUT2D eigenvalue weighted by molar-refractivity contribution is 0.119. The first-order chi connectivity index (χ1) is 15.8. The highest BCUT2D eigenvalue weighted by molar-refractivity contribution is 5.40. The van der Waals surface area contributed by atoms with Crippen molar-refractivity contribution in [1.82, 2.24) is 4.90 Å². The Morgan fingerprint density at radius 2 is 1.76 bits per heavy atom. The molecule has 0 heterocycles. The summed E-state index contributed by atoms with van der Waals surface area (Å²) in [6.45, 7) is 7.82. The number of hydrogen-bond acceptors (Lipinski definition) is 5. The second-order valence-electron chi connectivity index (χ2n) is 9.32. The lowest BCUT2D eigenvalue weighted by Gasteiger charge is -2.32. The van der Waals surface area contributed by atoms with Gasteiger partial charge < -0.3 is 19.8 Å². The molecule has 0 amide bonds. The molecule has 0 aliphatic rings. The second kappa shape index (κ2) is 12.9. The third kappa shape index (κ3) is 6.88. The molecule has 5 nitrogen and oxygen atoms in total. The number of aliphatic hydroxyl groups is 2. The summed E-state index contributed by atoms with van der Waals surface area (Å²) in [4.78, 5) is 2.32. The van der Waals surface area contributed by atoms with Crippen LogP contribution in [-0.2, 0) is 29.8 Å². The Balaban J connectivity index is 2.01. The van der Waals surface area contributed by atoms with Gasteiger partial charge in [0, 0.05) is 13.7 Å². The second-order valence-corrected chi connectivity index (χ2v) is 9.32. The van der Waals surface area contributed by atoms with Crippen molar-refractivity contribution in [3.05, 3.63) is 70.3 Å². The fourth-order valence-electron chi connectivity index (χ4n) is 4.42. The maximum absolute atomic E-state index is 10.2. The van der Waals surface area contributed by atoms with Gasteiger partial charge in [-0.05, 0) is 73.5 Å². The van der Waals surface area contributed by atoms with Crippen LogP contribution in [0.15, 0.2) is 42.5 Å². The zero-order valence-electron chi connectivity index (χ0n) is 20.8. The predicted octanol–water partition coefficient (Wildman–Crippen LogP) is 4.75. The number of nitriles is 1. The van der Waals surface area contributed by atoms with Crippen molar-refractivity contribution in [3.63, 3.8) is 0 Å². The standard InChI is InChI=1S/C28H40N2O3/c1-21(2)28(20-29,27-11-10-25(18-31)26(17-27)19-32)13-7-14-30(4)15-12-23-8-6-9-24(16-23)22(3)33-5/h6,8-11,16-17,21-22,31-32H,7,12-15,18-19H2,1-5H3. The number of methoxy groups -OCH3 is 1. The van der Waals surface area contributed by atoms with Crippen molar-refractivity contribution in [1.29, 1.82) is 5.26 Å². The molecule has 33 heavy (non-hydrogen) atoms. The Bertz CT molecular complexity index is 922. The zero-order chi connectivity index (χ0) is 24.4. The highest BCUT2D eigenvalue weighted by atomic mass is 16.5. The molecule has 0 fully saturated rings. The minimum absolute atomic E-state index is 0.0932. The SMILES string of the molecule is COC(C)c1cccc(CCN(C)CCCC(C#N)(c2ccc(CO)c(CO)c2)C(C)C)c1. The van der Waals surface area contributed by atoms with Gasteiger partial charge in [0.25, 0.3) is 0 Å². The monoisotopic (exact) mass is 452 g/mol. The van der Waals surface area contributed by atoms with E-state index < -0.39 is 5.41 Å². The van der Waals surface area contributed by atoms with Crippen LogP contribution in [0.5, 0.6) is 0 Å². The van der Waals surface area contributed by atoms with Crippen molar-refractivity contribution < 1.29 is 14.9 Å². The first-order valence-corrected chi connectivity index (χ1v) is 11.9. The highest BCUT2D eigenvalue weighted by Gasteiger charge is 2.36. The van der Waals surface area contributed by atoms with Crippen molar-refractivity contribution in [2.75, 3.05) is 27.2 Å². The van der Waals surface area contributed by atoms with Crippen LogP contribution < -0.4 is 0 Å². The van der Waals surface area contributed by atoms with E-state index in [0.717, 1.165) is 37.9 Å². The zero-order valence-corrected chi connectivity index (χ0v) is 20.8. The number of nitrogens with zero attached hydrogens (tertiary/aromatic N) is 2. The molecule has 180 valence electrons. The normalized spacial score (nSPS) is 14.3. The van der Waals surface area contributed by atoms with Crippen molar-refractivity contribution >= 4 is 0 Å². The van der Waals surface area contributed by atoms with Gasteiger partial charge in [-0.3, -0.25) is 0 Å². The van der Waals surface area contributed by atoms with Gasteiger partial charge >= 0.3 is 0 Å². The number of likely N-dealkylation sites (N-methyl/N-ethyl adjacent to an activating group) is 1. The van der Waals surface area contributed by atoms with Crippen LogP contribution in [-0.4, -0.2) is 42.4 Å². The molecule has 0 spiro atoms. The average Bonchev–Trinajstić information content (AvgIpc) is 2.84. The molecule has 2 aromatic rings. The van der Waals surface area contributed by atoms with Crippen LogP contribution in [0.4, 0.5) is 0 Å². The van der Waals surface area contributed by atoms with Gasteiger partial charge in [0.1, 0.15) is 0 Å². The minimum atomic E-state index is -0.622. The Labute approximate surface area is 199 Å². The van der Waals surface area contributed by atoms with Crippen LogP contribution >= 0.6 is 0 Å². The van der Waals surface area contributed by atoms with Crippen LogP contribution in [0.1, 0.15) is 67.5 Å². The van der Waals surface area contributed by atoms with Gasteiger partial charge in [0.2, 0.25) is 0 Å². The number of hydrogen-bond donors (Lipinski definition) is 2. The molecule has 2 N–H and O–H groups in total. The fraction of sp³-hybridized carbons (Fsp3) is 0.536. The maximum Gasteiger partial charge on any atom is 0.0845 e. The summed E-state index contributed by atoms with van der Waals surface area (Å²) < 4.78 is 5.43. The van der Waals surface area contributed by atoms with Crippen molar-refractivity contribution in [3.8, 4) is 6.07 Å². The molecule has 0 aliphatic carbocycles. The Morgan fingerprint density at radius 1 is 1.03 bits per heavy atom. The highest BCUT2D eigenvalue weighted by Crippen LogP contribution is 2.37. The molecule has 2 aromatic carbocycles. The molecule has 2 unspecified atom stereocenters. The Kier molecular flexibility index (Phi) is 10.5. The molecule has 0 aliphatic heterocycles. The largest absolute Gasteiger partial charge is 0.392 e. The van der Waals surface area contributed by atoms with Gasteiger partial charge in [-0.25, -0.2) is 0 Å². The van der Waals surface area contributed by atoms with E-state index >= 15 is 0 Å². The van der Waals surface area contributed by atoms with Gasteiger partial charge in [-0.2, -0.15) is 5.26 Å². The third-order valence-corrected chi connectivity index (χ3v) is 6.91. The summed E-state index contributed by atoms with van der Waals surface area (Å²) in [5.74, 6) is 0.129. The fourth-order valence-corrected chi connectivity index (χ4v) is 4.42. The lowest BCUT2D eigenvalue weighted by Crippen LogP contribution is -2.33. The smallest absolute Gasteiger partial charge is 0.0845 e. The summed E-state index contributed by atoms with van der Waals surface area (Å²) in [7, 11) is 3.86. The maximum atomic E-state index is 10.2. The summed E-state index contributed by atoms with van der Waals surface area (Å²) in [6.07, 6.45) is 2.71. The third-order valence-electron chi connectivity index (χ3n) is 6.91. The van der Waals surface area contributed by atoms with E-state index in [2.05, 4.69) is 63.1 Å². The van der Waals surface area contributed by atoms with E-state index in [1.807, 2.05) is 18.2 Å². The number of benzene rings is 2. The van der Waals surface area contributed by atoms with E-state index in [1.54, 1.807) is 7.11 Å². The van der Waals surface area contributed by atoms with E-state index in [0.29, 0.717) is 11.1 Å². The van der Waals surface area contributed by atoms with Crippen LogP contribution in [0.3, 0.4) is 0 Å². The van der Waals surface area contributed by atoms with E-state index in [-0.39, 0.29) is 25.2 Å². The molecular formula is C28H40N2O3. The Morgan fingerprint density at radius 3 is 2.36 bits per heavy atom. The van der Waals surface area contributed by atoms with E-state index in [1.165, 1.54) is 11.1 Å². The predicted molar refractivity (Wildman–Crippen MR) is 133 cm³/mol. The van der Waals surface area contributed by atoms with Crippen molar-refractivity contribution in [2.24, 2.45) is 5.92 Å². The quantitative estimate of drug-likeness (QED) is 0.459. The Hall–Kier alpha value is -2.23. The van der Waals surface area contributed by atoms with E-state index in [4.69, 9.17) is 4.74 Å². The molecule has 0 radical (unpaired) electrons. The molecule has 0 aromatic heterocycles. The average molecular weight is 453 g/mol. The topological polar surface area (TPSA) is 76.7 Å². The summed E-state index contributed by atoms with van der Waals surface area (Å²) in [5, 5.41) is 29.4. The van der Waals surface area contributed by atoms with Crippen LogP contribution in [0, 0.1) is 17.2 Å². The van der Waals surface area contributed by atoms with Crippen LogP contribution in [0.25, 0.3) is 0 Å². The molecule has 2 atom stereocenters. The number of rotatable bonds is 13. The van der Waals surface area contributed by atoms with Crippen molar-refractivity contribution in [2.45, 2.75) is 64.8 Å². The first-order valence-electron chi connectivity index (χ1n) is 11.9. The van der Waals surface area contributed by atoms with E-state index in [9.17, 15) is 15.5 Å². The van der Waals surface area contributed by atoms with Gasteiger partial charge in [-0.15, -0.1) is 0 Å². The first kappa shape index (κ1) is 27.0. The number of ether oxygens (including phenoxy) is 1. The molecule has 0 bridgehead atoms. The van der Waals surface area contributed by atoms with Gasteiger partial charge in [0.15, 0.2) is 0 Å². The molecule has 5 heteroatoms.